The second-order valence-electron chi connectivity index (χ2n) is 2.90. The van der Waals surface area contributed by atoms with Gasteiger partial charge in [-0.3, -0.25) is 0 Å². The Balaban J connectivity index is 2.34. The van der Waals surface area contributed by atoms with Crippen molar-refractivity contribution in [2.24, 2.45) is 0 Å². The van der Waals surface area contributed by atoms with E-state index < -0.39 is 0 Å². The topological polar surface area (TPSA) is 21.7 Å². The maximum absolute atomic E-state index is 4.25. The Morgan fingerprint density at radius 3 is 3.42 bits per heavy atom. The molecule has 0 fully saturated rings. The molecule has 3 heteroatoms. The summed E-state index contributed by atoms with van der Waals surface area (Å²) in [5.74, 6) is 2.31. The lowest BCUT2D eigenvalue weighted by Crippen LogP contribution is -2.32. The first-order chi connectivity index (χ1) is 5.95. The zero-order valence-electron chi connectivity index (χ0n) is 6.51. The molecule has 3 rings (SSSR count). The van der Waals surface area contributed by atoms with Crippen molar-refractivity contribution < 1.29 is 4.57 Å². The summed E-state index contributed by atoms with van der Waals surface area (Å²) in [7, 11) is 0. The first-order valence-corrected chi connectivity index (χ1v) is 3.96. The van der Waals surface area contributed by atoms with Gasteiger partial charge in [0.2, 0.25) is 5.82 Å². The van der Waals surface area contributed by atoms with Crippen LogP contribution in [0.15, 0.2) is 36.8 Å². The molecule has 2 aromatic rings. The lowest BCUT2D eigenvalue weighted by molar-refractivity contribution is -0.674. The van der Waals surface area contributed by atoms with E-state index in [1.165, 1.54) is 5.82 Å². The lowest BCUT2D eigenvalue weighted by atomic mass is 10.4. The van der Waals surface area contributed by atoms with Gasteiger partial charge in [0.05, 0.1) is 12.4 Å². The third-order valence-electron chi connectivity index (χ3n) is 2.19. The molecule has 0 spiro atoms. The number of nitrogens with zero attached hydrogens (tertiary/aromatic N) is 3. The number of hydrogen-bond donors (Lipinski definition) is 0. The van der Waals surface area contributed by atoms with Crippen LogP contribution in [0, 0.1) is 0 Å². The van der Waals surface area contributed by atoms with Crippen LogP contribution in [0.3, 0.4) is 0 Å². The van der Waals surface area contributed by atoms with Gasteiger partial charge >= 0.3 is 0 Å². The van der Waals surface area contributed by atoms with Crippen LogP contribution >= 0.6 is 0 Å². The number of aromatic nitrogens is 3. The van der Waals surface area contributed by atoms with Gasteiger partial charge < -0.3 is 0 Å². The van der Waals surface area contributed by atoms with Crippen molar-refractivity contribution in [2.45, 2.75) is 6.54 Å². The average Bonchev–Trinajstić information content (AvgIpc) is 2.62. The molecule has 2 aromatic heterocycles. The first-order valence-electron chi connectivity index (χ1n) is 3.96. The smallest absolute Gasteiger partial charge is 0.224 e. The van der Waals surface area contributed by atoms with Gasteiger partial charge in [-0.05, 0) is 6.07 Å². The molecule has 0 N–H and O–H groups in total. The highest BCUT2D eigenvalue weighted by Gasteiger charge is 2.25. The molecule has 1 aliphatic heterocycles. The summed E-state index contributed by atoms with van der Waals surface area (Å²) in [5.41, 5.74) is 0. The maximum Gasteiger partial charge on any atom is 0.288 e. The van der Waals surface area contributed by atoms with Crippen LogP contribution in [0.25, 0.3) is 5.82 Å². The first kappa shape index (κ1) is 5.94. The number of fused-ring (bicyclic) bond motifs is 3. The summed E-state index contributed by atoms with van der Waals surface area (Å²) in [6.45, 7) is 0.892. The van der Waals surface area contributed by atoms with Crippen LogP contribution in [0.2, 0.25) is 0 Å². The average molecular weight is 158 g/mol. The molecule has 0 aliphatic carbocycles. The van der Waals surface area contributed by atoms with Gasteiger partial charge in [-0.2, -0.15) is 4.57 Å². The van der Waals surface area contributed by atoms with E-state index in [1.807, 2.05) is 24.5 Å². The quantitative estimate of drug-likeness (QED) is 0.437. The second kappa shape index (κ2) is 1.94. The molecule has 0 aromatic carbocycles. The van der Waals surface area contributed by atoms with Gasteiger partial charge in [0.15, 0.2) is 6.54 Å². The Kier molecular flexibility index (Phi) is 0.961. The third kappa shape index (κ3) is 0.605. The fourth-order valence-electron chi connectivity index (χ4n) is 1.63. The summed E-state index contributed by atoms with van der Waals surface area (Å²) >= 11 is 0. The largest absolute Gasteiger partial charge is 0.288 e. The molecule has 0 saturated heterocycles. The molecule has 3 nitrogen and oxygen atoms in total. The summed E-state index contributed by atoms with van der Waals surface area (Å²) in [4.78, 5) is 4.25. The highest BCUT2D eigenvalue weighted by atomic mass is 15.2. The van der Waals surface area contributed by atoms with Crippen LogP contribution in [0.5, 0.6) is 0 Å². The predicted molar refractivity (Wildman–Crippen MR) is 42.9 cm³/mol. The van der Waals surface area contributed by atoms with Crippen molar-refractivity contribution in [3.8, 4) is 5.82 Å². The molecule has 0 unspecified atom stereocenters. The van der Waals surface area contributed by atoms with Crippen molar-refractivity contribution in [2.75, 3.05) is 0 Å². The van der Waals surface area contributed by atoms with Gasteiger partial charge in [-0.1, -0.05) is 6.07 Å². The molecule has 0 saturated carbocycles. The van der Waals surface area contributed by atoms with Gasteiger partial charge in [0, 0.05) is 6.07 Å². The summed E-state index contributed by atoms with van der Waals surface area (Å²) in [6.07, 6.45) is 5.91. The van der Waals surface area contributed by atoms with Crippen LogP contribution < -0.4 is 4.57 Å². The molecular formula is C9H8N3+. The van der Waals surface area contributed by atoms with Crippen LogP contribution in [0.1, 0.15) is 5.82 Å². The van der Waals surface area contributed by atoms with E-state index in [0.717, 1.165) is 12.4 Å². The molecule has 0 amide bonds. The van der Waals surface area contributed by atoms with Gasteiger partial charge in [-0.25, -0.2) is 9.55 Å². The number of hydrogen-bond acceptors (Lipinski definition) is 1. The van der Waals surface area contributed by atoms with Crippen molar-refractivity contribution in [3.05, 3.63) is 42.6 Å². The van der Waals surface area contributed by atoms with E-state index in [4.69, 9.17) is 0 Å². The minimum absolute atomic E-state index is 0.892. The summed E-state index contributed by atoms with van der Waals surface area (Å²) in [6, 6.07) is 6.18. The minimum atomic E-state index is 0.892. The Morgan fingerprint density at radius 1 is 1.42 bits per heavy atom. The van der Waals surface area contributed by atoms with Crippen molar-refractivity contribution >= 4 is 0 Å². The van der Waals surface area contributed by atoms with Gasteiger partial charge in [0.25, 0.3) is 5.82 Å². The van der Waals surface area contributed by atoms with Crippen LogP contribution in [-0.2, 0) is 6.54 Å². The van der Waals surface area contributed by atoms with E-state index in [2.05, 4.69) is 26.4 Å². The van der Waals surface area contributed by atoms with Crippen LogP contribution in [-0.4, -0.2) is 9.55 Å². The molecular weight excluding hydrogens is 150 g/mol. The zero-order valence-corrected chi connectivity index (χ0v) is 6.51. The molecule has 0 bridgehead atoms. The van der Waals surface area contributed by atoms with E-state index in [9.17, 15) is 0 Å². The molecule has 0 atom stereocenters. The Hall–Kier alpha value is -1.64. The summed E-state index contributed by atoms with van der Waals surface area (Å²) in [5, 5.41) is 0. The van der Waals surface area contributed by atoms with Gasteiger partial charge in [-0.15, -0.1) is 0 Å². The van der Waals surface area contributed by atoms with Gasteiger partial charge in [0.1, 0.15) is 6.20 Å². The Labute approximate surface area is 69.9 Å². The minimum Gasteiger partial charge on any atom is -0.224 e. The molecule has 58 valence electrons. The van der Waals surface area contributed by atoms with E-state index >= 15 is 0 Å². The predicted octanol–water partition coefficient (Wildman–Crippen LogP) is 0.521. The Bertz CT molecular complexity index is 431. The van der Waals surface area contributed by atoms with Crippen LogP contribution in [0.4, 0.5) is 0 Å². The standard InChI is InChI=1S/C9H8N3/c1-2-5-11-7-8-10-4-6-12(8)9(11)3-1/h1-6H,7H2/q+1. The molecule has 0 radical (unpaired) electrons. The maximum atomic E-state index is 4.25. The zero-order chi connectivity index (χ0) is 7.97. The SMILES string of the molecule is c1cc[n+]2c(c1)-n1ccnc1C2. The third-order valence-corrected chi connectivity index (χ3v) is 2.19. The van der Waals surface area contributed by atoms with Crippen molar-refractivity contribution in [1.29, 1.82) is 0 Å². The lowest BCUT2D eigenvalue weighted by Gasteiger charge is -1.91. The molecule has 3 heterocycles. The number of pyridine rings is 1. The number of rotatable bonds is 0. The van der Waals surface area contributed by atoms with Crippen molar-refractivity contribution in [3.63, 3.8) is 0 Å². The van der Waals surface area contributed by atoms with E-state index in [0.29, 0.717) is 0 Å². The fourth-order valence-corrected chi connectivity index (χ4v) is 1.63. The molecule has 12 heavy (non-hydrogen) atoms. The highest BCUT2D eigenvalue weighted by Crippen LogP contribution is 2.11. The monoisotopic (exact) mass is 158 g/mol. The highest BCUT2D eigenvalue weighted by molar-refractivity contribution is 5.21. The molecule has 1 aliphatic rings. The number of imidazole rings is 1. The normalized spacial score (nSPS) is 12.7. The van der Waals surface area contributed by atoms with E-state index in [-0.39, 0.29) is 0 Å². The second-order valence-corrected chi connectivity index (χ2v) is 2.90. The fraction of sp³-hybridized carbons (Fsp3) is 0.111. The van der Waals surface area contributed by atoms with E-state index in [1.54, 1.807) is 0 Å². The Morgan fingerprint density at radius 2 is 2.42 bits per heavy atom. The summed E-state index contributed by atoms with van der Waals surface area (Å²) < 4.78 is 4.29. The van der Waals surface area contributed by atoms with Crippen molar-refractivity contribution in [1.82, 2.24) is 9.55 Å².